The highest BCUT2D eigenvalue weighted by Crippen LogP contribution is 2.13. The summed E-state index contributed by atoms with van der Waals surface area (Å²) >= 11 is 1.56. The molecule has 2 aromatic heterocycles. The largest absolute Gasteiger partial charge is 0.311 e. The zero-order valence-corrected chi connectivity index (χ0v) is 10.00. The van der Waals surface area contributed by atoms with Gasteiger partial charge in [-0.2, -0.15) is 0 Å². The lowest BCUT2D eigenvalue weighted by atomic mass is 10.3. The third kappa shape index (κ3) is 2.84. The van der Waals surface area contributed by atoms with Crippen LogP contribution in [0.25, 0.3) is 11.5 Å². The SMILES string of the molecule is CCCNCc1ccnc(-c2cscn2)n1. The predicted octanol–water partition coefficient (Wildman–Crippen LogP) is 2.10. The molecule has 2 aromatic rings. The second kappa shape index (κ2) is 5.67. The fourth-order valence-electron chi connectivity index (χ4n) is 1.33. The molecular formula is C11H14N4S. The van der Waals surface area contributed by atoms with Crippen LogP contribution in [0.1, 0.15) is 19.0 Å². The molecule has 84 valence electrons. The molecule has 0 saturated carbocycles. The van der Waals surface area contributed by atoms with Crippen molar-refractivity contribution < 1.29 is 0 Å². The fraction of sp³-hybridized carbons (Fsp3) is 0.364. The van der Waals surface area contributed by atoms with Crippen LogP contribution in [0.15, 0.2) is 23.2 Å². The van der Waals surface area contributed by atoms with Gasteiger partial charge in [0.2, 0.25) is 0 Å². The van der Waals surface area contributed by atoms with E-state index in [9.17, 15) is 0 Å². The summed E-state index contributed by atoms with van der Waals surface area (Å²) in [7, 11) is 0. The summed E-state index contributed by atoms with van der Waals surface area (Å²) in [5.74, 6) is 0.706. The molecule has 5 heteroatoms. The van der Waals surface area contributed by atoms with E-state index in [0.717, 1.165) is 30.9 Å². The van der Waals surface area contributed by atoms with Crippen molar-refractivity contribution in [1.82, 2.24) is 20.3 Å². The van der Waals surface area contributed by atoms with E-state index in [-0.39, 0.29) is 0 Å². The van der Waals surface area contributed by atoms with Gasteiger partial charge in [-0.3, -0.25) is 0 Å². The van der Waals surface area contributed by atoms with E-state index in [1.54, 1.807) is 23.0 Å². The van der Waals surface area contributed by atoms with E-state index >= 15 is 0 Å². The number of nitrogens with zero attached hydrogens (tertiary/aromatic N) is 3. The molecule has 0 amide bonds. The van der Waals surface area contributed by atoms with Crippen molar-refractivity contribution in [2.75, 3.05) is 6.54 Å². The van der Waals surface area contributed by atoms with Crippen LogP contribution in [0.3, 0.4) is 0 Å². The number of aromatic nitrogens is 3. The maximum absolute atomic E-state index is 4.46. The van der Waals surface area contributed by atoms with E-state index in [0.29, 0.717) is 5.82 Å². The van der Waals surface area contributed by atoms with Gasteiger partial charge < -0.3 is 5.32 Å². The lowest BCUT2D eigenvalue weighted by Crippen LogP contribution is -2.15. The average Bonchev–Trinajstić information content (AvgIpc) is 2.83. The first-order chi connectivity index (χ1) is 7.90. The number of hydrogen-bond donors (Lipinski definition) is 1. The Morgan fingerprint density at radius 2 is 2.31 bits per heavy atom. The van der Waals surface area contributed by atoms with Crippen molar-refractivity contribution in [1.29, 1.82) is 0 Å². The van der Waals surface area contributed by atoms with Gasteiger partial charge in [-0.05, 0) is 19.0 Å². The molecule has 0 aliphatic carbocycles. The quantitative estimate of drug-likeness (QED) is 0.805. The Kier molecular flexibility index (Phi) is 3.96. The lowest BCUT2D eigenvalue weighted by molar-refractivity contribution is 0.663. The molecule has 0 bridgehead atoms. The van der Waals surface area contributed by atoms with Gasteiger partial charge in [0.1, 0.15) is 5.69 Å². The van der Waals surface area contributed by atoms with Gasteiger partial charge in [-0.15, -0.1) is 11.3 Å². The molecule has 0 fully saturated rings. The van der Waals surface area contributed by atoms with E-state index in [2.05, 4.69) is 27.2 Å². The summed E-state index contributed by atoms with van der Waals surface area (Å²) in [6, 6.07) is 1.93. The third-order valence-corrected chi connectivity index (χ3v) is 2.69. The molecule has 0 aliphatic heterocycles. The summed E-state index contributed by atoms with van der Waals surface area (Å²) in [5, 5.41) is 5.27. The van der Waals surface area contributed by atoms with Gasteiger partial charge in [0.25, 0.3) is 0 Å². The van der Waals surface area contributed by atoms with E-state index in [4.69, 9.17) is 0 Å². The van der Waals surface area contributed by atoms with E-state index in [1.165, 1.54) is 0 Å². The van der Waals surface area contributed by atoms with E-state index < -0.39 is 0 Å². The summed E-state index contributed by atoms with van der Waals surface area (Å²) in [6.45, 7) is 3.94. The Balaban J connectivity index is 2.08. The predicted molar refractivity (Wildman–Crippen MR) is 65.1 cm³/mol. The first kappa shape index (κ1) is 11.2. The van der Waals surface area contributed by atoms with Gasteiger partial charge in [-0.1, -0.05) is 6.92 Å². The fourth-order valence-corrected chi connectivity index (χ4v) is 1.86. The minimum atomic E-state index is 0.706. The Morgan fingerprint density at radius 3 is 3.06 bits per heavy atom. The van der Waals surface area contributed by atoms with Gasteiger partial charge in [0.15, 0.2) is 5.82 Å². The molecule has 2 rings (SSSR count). The van der Waals surface area contributed by atoms with Gasteiger partial charge in [0.05, 0.1) is 11.2 Å². The highest BCUT2D eigenvalue weighted by molar-refractivity contribution is 7.07. The second-order valence-electron chi connectivity index (χ2n) is 3.42. The molecule has 0 radical (unpaired) electrons. The first-order valence-corrected chi connectivity index (χ1v) is 6.25. The van der Waals surface area contributed by atoms with Crippen molar-refractivity contribution in [3.05, 3.63) is 28.8 Å². The van der Waals surface area contributed by atoms with Crippen LogP contribution in [-0.4, -0.2) is 21.5 Å². The average molecular weight is 234 g/mol. The highest BCUT2D eigenvalue weighted by Gasteiger charge is 2.03. The molecule has 1 N–H and O–H groups in total. The number of thiazole rings is 1. The highest BCUT2D eigenvalue weighted by atomic mass is 32.1. The van der Waals surface area contributed by atoms with Crippen molar-refractivity contribution in [2.45, 2.75) is 19.9 Å². The molecule has 4 nitrogen and oxygen atoms in total. The Hall–Kier alpha value is -1.33. The second-order valence-corrected chi connectivity index (χ2v) is 4.14. The van der Waals surface area contributed by atoms with Crippen LogP contribution in [0.2, 0.25) is 0 Å². The van der Waals surface area contributed by atoms with Crippen LogP contribution < -0.4 is 5.32 Å². The molecule has 16 heavy (non-hydrogen) atoms. The minimum Gasteiger partial charge on any atom is -0.311 e. The van der Waals surface area contributed by atoms with Crippen molar-refractivity contribution in [3.63, 3.8) is 0 Å². The Bertz CT molecular complexity index is 427. The first-order valence-electron chi connectivity index (χ1n) is 5.31. The topological polar surface area (TPSA) is 50.7 Å². The summed E-state index contributed by atoms with van der Waals surface area (Å²) in [4.78, 5) is 12.9. The normalized spacial score (nSPS) is 10.6. The molecular weight excluding hydrogens is 220 g/mol. The van der Waals surface area contributed by atoms with E-state index in [1.807, 2.05) is 11.4 Å². The standard InChI is InChI=1S/C11H14N4S/c1-2-4-12-6-9-3-5-13-11(15-9)10-7-16-8-14-10/h3,5,7-8,12H,2,4,6H2,1H3. The van der Waals surface area contributed by atoms with Gasteiger partial charge in [0, 0.05) is 18.1 Å². The molecule has 0 saturated heterocycles. The lowest BCUT2D eigenvalue weighted by Gasteiger charge is -2.03. The van der Waals surface area contributed by atoms with Crippen LogP contribution >= 0.6 is 11.3 Å². The summed E-state index contributed by atoms with van der Waals surface area (Å²) in [6.07, 6.45) is 2.91. The molecule has 0 aromatic carbocycles. The minimum absolute atomic E-state index is 0.706. The zero-order chi connectivity index (χ0) is 11.2. The van der Waals surface area contributed by atoms with Gasteiger partial charge in [-0.25, -0.2) is 15.0 Å². The summed E-state index contributed by atoms with van der Waals surface area (Å²) in [5.41, 5.74) is 3.65. The van der Waals surface area contributed by atoms with Crippen LogP contribution in [0.4, 0.5) is 0 Å². The molecule has 0 aliphatic rings. The van der Waals surface area contributed by atoms with Crippen LogP contribution in [0, 0.1) is 0 Å². The van der Waals surface area contributed by atoms with Gasteiger partial charge >= 0.3 is 0 Å². The number of rotatable bonds is 5. The monoisotopic (exact) mass is 234 g/mol. The molecule has 0 unspecified atom stereocenters. The van der Waals surface area contributed by atoms with Crippen molar-refractivity contribution in [2.24, 2.45) is 0 Å². The zero-order valence-electron chi connectivity index (χ0n) is 9.18. The Labute approximate surface area is 98.8 Å². The third-order valence-electron chi connectivity index (χ3n) is 2.11. The molecule has 2 heterocycles. The Morgan fingerprint density at radius 1 is 1.38 bits per heavy atom. The summed E-state index contributed by atoms with van der Waals surface area (Å²) < 4.78 is 0. The maximum Gasteiger partial charge on any atom is 0.179 e. The molecule has 0 spiro atoms. The van der Waals surface area contributed by atoms with Crippen LogP contribution in [0.5, 0.6) is 0 Å². The van der Waals surface area contributed by atoms with Crippen molar-refractivity contribution in [3.8, 4) is 11.5 Å². The van der Waals surface area contributed by atoms with Crippen molar-refractivity contribution >= 4 is 11.3 Å². The number of nitrogens with one attached hydrogen (secondary N) is 1. The van der Waals surface area contributed by atoms with Crippen LogP contribution in [-0.2, 0) is 6.54 Å². The smallest absolute Gasteiger partial charge is 0.179 e. The molecule has 0 atom stereocenters. The maximum atomic E-state index is 4.46. The number of hydrogen-bond acceptors (Lipinski definition) is 5.